The van der Waals surface area contributed by atoms with E-state index in [2.05, 4.69) is 64.4 Å². The summed E-state index contributed by atoms with van der Waals surface area (Å²) in [7, 11) is 1.32. The number of carbonyl (C=O) groups is 2. The van der Waals surface area contributed by atoms with Gasteiger partial charge in [0.1, 0.15) is 52.8 Å². The lowest BCUT2D eigenvalue weighted by atomic mass is 10.1. The van der Waals surface area contributed by atoms with Gasteiger partial charge in [0.2, 0.25) is 0 Å². The molecule has 6 heterocycles. The predicted octanol–water partition coefficient (Wildman–Crippen LogP) is 9.41. The van der Waals surface area contributed by atoms with Crippen molar-refractivity contribution in [3.63, 3.8) is 0 Å². The Kier molecular flexibility index (Phi) is 12.6. The number of ether oxygens (including phenoxy) is 2. The maximum absolute atomic E-state index is 11.8. The molecule has 0 saturated carbocycles. The van der Waals surface area contributed by atoms with Crippen LogP contribution >= 0.6 is 23.2 Å². The van der Waals surface area contributed by atoms with E-state index < -0.39 is 22.1 Å². The van der Waals surface area contributed by atoms with E-state index in [0.717, 1.165) is 40.2 Å². The number of aromatic nitrogens is 10. The number of nitrogens with zero attached hydrogens (tertiary/aromatic N) is 10. The van der Waals surface area contributed by atoms with Crippen LogP contribution in [-0.2, 0) is 37.0 Å². The molecule has 0 fully saturated rings. The largest absolute Gasteiger partial charge is 0.478 e. The number of aromatic carboxylic acids is 1. The number of aldehydes is 1. The van der Waals surface area contributed by atoms with Gasteiger partial charge in [-0.2, -0.15) is 10.2 Å². The molecule has 6 aromatic heterocycles. The first-order chi connectivity index (χ1) is 28.9. The molecule has 61 heavy (non-hydrogen) atoms. The average Bonchev–Trinajstić information content (AvgIpc) is 3.94. The summed E-state index contributed by atoms with van der Waals surface area (Å²) >= 11 is 12.2. The first-order valence-corrected chi connectivity index (χ1v) is 27.9. The van der Waals surface area contributed by atoms with Gasteiger partial charge in [0, 0.05) is 76.7 Å². The summed E-state index contributed by atoms with van der Waals surface area (Å²) in [6.07, 6.45) is 7.37. The number of benzene rings is 2. The van der Waals surface area contributed by atoms with E-state index >= 15 is 0 Å². The van der Waals surface area contributed by atoms with Gasteiger partial charge in [0.15, 0.2) is 17.6 Å². The summed E-state index contributed by atoms with van der Waals surface area (Å²) < 4.78 is 18.6. The van der Waals surface area contributed by atoms with Crippen molar-refractivity contribution in [1.82, 2.24) is 48.6 Å². The molecule has 0 aliphatic rings. The summed E-state index contributed by atoms with van der Waals surface area (Å²) in [6.45, 7) is 15.7. The highest BCUT2D eigenvalue weighted by Crippen LogP contribution is 2.32. The smallest absolute Gasteiger partial charge is 0.339 e. The van der Waals surface area contributed by atoms with Gasteiger partial charge in [-0.1, -0.05) is 62.5 Å². The number of halogens is 2. The van der Waals surface area contributed by atoms with Crippen molar-refractivity contribution in [1.29, 1.82) is 0 Å². The Morgan fingerprint density at radius 3 is 1.64 bits per heavy atom. The van der Waals surface area contributed by atoms with Gasteiger partial charge in [-0.3, -0.25) is 14.2 Å². The van der Waals surface area contributed by atoms with E-state index in [9.17, 15) is 14.7 Å². The summed E-state index contributed by atoms with van der Waals surface area (Å²) in [5, 5.41) is 21.9. The van der Waals surface area contributed by atoms with Crippen molar-refractivity contribution >= 4 is 95.7 Å². The lowest BCUT2D eigenvalue weighted by molar-refractivity contribution is 0.0695. The molecule has 8 rings (SSSR count). The zero-order chi connectivity index (χ0) is 43.8. The SMILES string of the molecule is Cn1nc(-c2cnc3c(n2)c(C(=O)O)cn3COCC[Si](C)(C)C)c2ccc(Cl)cc21.Cn1nc(-c2cnc3c(n2)c(C=O)cn3COCC[Si](C)(C)C)c2ccc(Cl)cc21. The van der Waals surface area contributed by atoms with Gasteiger partial charge in [0.05, 0.1) is 29.0 Å². The van der Waals surface area contributed by atoms with E-state index in [1.165, 1.54) is 6.20 Å². The maximum Gasteiger partial charge on any atom is 0.339 e. The number of carboxylic acids is 1. The van der Waals surface area contributed by atoms with Gasteiger partial charge >= 0.3 is 5.97 Å². The molecular formula is C42H48Cl2N10O5Si2. The number of carboxylic acid groups (broad SMARTS) is 1. The van der Waals surface area contributed by atoms with Crippen LogP contribution in [0.5, 0.6) is 0 Å². The van der Waals surface area contributed by atoms with Crippen molar-refractivity contribution in [3.8, 4) is 22.8 Å². The minimum Gasteiger partial charge on any atom is -0.478 e. The second-order valence-electron chi connectivity index (χ2n) is 17.3. The van der Waals surface area contributed by atoms with Crippen LogP contribution < -0.4 is 0 Å². The molecule has 1 N–H and O–H groups in total. The zero-order valence-corrected chi connectivity index (χ0v) is 38.9. The van der Waals surface area contributed by atoms with Crippen LogP contribution in [0.1, 0.15) is 20.7 Å². The van der Waals surface area contributed by atoms with Gasteiger partial charge in [-0.25, -0.2) is 24.7 Å². The molecule has 0 radical (unpaired) electrons. The Bertz CT molecular complexity index is 2930. The van der Waals surface area contributed by atoms with E-state index in [4.69, 9.17) is 37.7 Å². The fourth-order valence-corrected chi connectivity index (χ4v) is 8.56. The van der Waals surface area contributed by atoms with Crippen LogP contribution in [0.3, 0.4) is 0 Å². The lowest BCUT2D eigenvalue weighted by Crippen LogP contribution is -2.22. The number of fused-ring (bicyclic) bond motifs is 4. The molecule has 2 aromatic carbocycles. The van der Waals surface area contributed by atoms with Crippen molar-refractivity contribution in [2.45, 2.75) is 64.8 Å². The third kappa shape index (κ3) is 9.77. The van der Waals surface area contributed by atoms with Crippen molar-refractivity contribution < 1.29 is 24.2 Å². The molecule has 0 aliphatic heterocycles. The van der Waals surface area contributed by atoms with Crippen LogP contribution in [0.25, 0.3) is 66.9 Å². The predicted molar refractivity (Wildman–Crippen MR) is 245 cm³/mol. The summed E-state index contributed by atoms with van der Waals surface area (Å²) in [4.78, 5) is 41.9. The number of hydrogen-bond acceptors (Lipinski definition) is 10. The van der Waals surface area contributed by atoms with Gasteiger partial charge < -0.3 is 23.7 Å². The maximum atomic E-state index is 11.8. The van der Waals surface area contributed by atoms with Gasteiger partial charge in [-0.05, 0) is 48.5 Å². The molecule has 0 bridgehead atoms. The Hall–Kier alpha value is -5.31. The minimum absolute atomic E-state index is 0.0847. The molecule has 15 nitrogen and oxygen atoms in total. The number of aryl methyl sites for hydroxylation is 2. The molecule has 0 amide bonds. The fourth-order valence-electron chi connectivity index (χ4n) is 6.72. The second kappa shape index (κ2) is 17.6. The topological polar surface area (TPSA) is 170 Å². The molecule has 0 unspecified atom stereocenters. The zero-order valence-electron chi connectivity index (χ0n) is 35.4. The number of carbonyl (C=O) groups excluding carboxylic acids is 1. The standard InChI is InChI=1S/C21H24ClN5O3Si.C21H24ClN5O2Si/c1-26-17-9-13(22)5-6-14(17)18(25-26)16-10-23-20-19(24-16)15(21(28)29)11-27(20)12-30-7-8-31(2,3)4;1-26-18-9-15(22)5-6-16(18)20(25-26)17-10-23-21-19(24-17)14(12-28)11-27(21)13-29-7-8-30(2,3)4/h5-6,9-11H,7-8,12H2,1-4H3,(H,28,29);5-6,9-12H,7-8,13H2,1-4H3. The van der Waals surface area contributed by atoms with E-state index in [0.29, 0.717) is 80.7 Å². The molecular weight excluding hydrogens is 852 g/mol. The summed E-state index contributed by atoms with van der Waals surface area (Å²) in [5.41, 5.74) is 6.72. The van der Waals surface area contributed by atoms with Crippen LogP contribution in [0.2, 0.25) is 61.4 Å². The van der Waals surface area contributed by atoms with Crippen molar-refractivity contribution in [2.75, 3.05) is 13.2 Å². The molecule has 318 valence electrons. The van der Waals surface area contributed by atoms with Crippen LogP contribution in [-0.4, -0.2) is 95.4 Å². The number of rotatable bonds is 14. The Balaban J connectivity index is 0.000000184. The quantitative estimate of drug-likeness (QED) is 0.0627. The Morgan fingerprint density at radius 1 is 0.721 bits per heavy atom. The van der Waals surface area contributed by atoms with E-state index in [-0.39, 0.29) is 12.3 Å². The Morgan fingerprint density at radius 2 is 1.18 bits per heavy atom. The fraction of sp³-hybridized carbons (Fsp3) is 0.333. The monoisotopic (exact) mass is 898 g/mol. The van der Waals surface area contributed by atoms with Gasteiger partial charge in [0.25, 0.3) is 0 Å². The average molecular weight is 900 g/mol. The first-order valence-electron chi connectivity index (χ1n) is 19.7. The van der Waals surface area contributed by atoms with Crippen LogP contribution in [0.15, 0.2) is 61.2 Å². The molecule has 0 spiro atoms. The normalized spacial score (nSPS) is 12.2. The summed E-state index contributed by atoms with van der Waals surface area (Å²) in [6, 6.07) is 13.2. The molecule has 19 heteroatoms. The van der Waals surface area contributed by atoms with E-state index in [1.54, 1.807) is 38.6 Å². The highest BCUT2D eigenvalue weighted by molar-refractivity contribution is 6.76. The molecule has 8 aromatic rings. The Labute approximate surface area is 364 Å². The highest BCUT2D eigenvalue weighted by Gasteiger charge is 2.22. The molecule has 0 saturated heterocycles. The first kappa shape index (κ1) is 43.8. The van der Waals surface area contributed by atoms with E-state index in [1.807, 2.05) is 49.0 Å². The van der Waals surface area contributed by atoms with Crippen molar-refractivity contribution in [2.24, 2.45) is 14.1 Å². The lowest BCUT2D eigenvalue weighted by Gasteiger charge is -2.15. The number of hydrogen-bond donors (Lipinski definition) is 1. The van der Waals surface area contributed by atoms with Crippen molar-refractivity contribution in [3.05, 3.63) is 82.4 Å². The summed E-state index contributed by atoms with van der Waals surface area (Å²) in [5.74, 6) is -1.06. The third-order valence-corrected chi connectivity index (χ3v) is 14.0. The molecule has 0 atom stereocenters. The van der Waals surface area contributed by atoms with Crippen LogP contribution in [0, 0.1) is 0 Å². The molecule has 0 aliphatic carbocycles. The van der Waals surface area contributed by atoms with Gasteiger partial charge in [-0.15, -0.1) is 0 Å². The highest BCUT2D eigenvalue weighted by atomic mass is 35.5. The second-order valence-corrected chi connectivity index (χ2v) is 29.4. The van der Waals surface area contributed by atoms with Crippen LogP contribution in [0.4, 0.5) is 0 Å². The minimum atomic E-state index is -1.20. The third-order valence-electron chi connectivity index (χ3n) is 10.1.